The number of amidine groups is 1. The molecule has 1 aliphatic carbocycles. The van der Waals surface area contributed by atoms with Gasteiger partial charge in [-0.15, -0.1) is 0 Å². The first-order chi connectivity index (χ1) is 7.12. The molecule has 0 bridgehead atoms. The zero-order valence-corrected chi connectivity index (χ0v) is 9.63. The molecule has 1 fully saturated rings. The summed E-state index contributed by atoms with van der Waals surface area (Å²) in [7, 11) is 0. The summed E-state index contributed by atoms with van der Waals surface area (Å²) in [6.07, 6.45) is 3.97. The number of hydrogen-bond donors (Lipinski definition) is 3. The molecule has 0 saturated heterocycles. The van der Waals surface area contributed by atoms with Crippen LogP contribution in [0.1, 0.15) is 32.6 Å². The van der Waals surface area contributed by atoms with Crippen LogP contribution in [0.5, 0.6) is 0 Å². The van der Waals surface area contributed by atoms with Gasteiger partial charge in [-0.2, -0.15) is 0 Å². The van der Waals surface area contributed by atoms with Gasteiger partial charge in [0.1, 0.15) is 0 Å². The smallest absolute Gasteiger partial charge is 0.0911 e. The molecule has 0 aromatic rings. The predicted octanol–water partition coefficient (Wildman–Crippen LogP) is 0.797. The summed E-state index contributed by atoms with van der Waals surface area (Å²) in [4.78, 5) is 2.35. The van der Waals surface area contributed by atoms with Crippen LogP contribution in [-0.2, 0) is 0 Å². The van der Waals surface area contributed by atoms with Gasteiger partial charge in [-0.05, 0) is 31.2 Å². The van der Waals surface area contributed by atoms with Crippen LogP contribution in [0, 0.1) is 10.8 Å². The van der Waals surface area contributed by atoms with Gasteiger partial charge in [0.05, 0.1) is 5.84 Å². The molecule has 4 nitrogen and oxygen atoms in total. The molecule has 1 rings (SSSR count). The highest BCUT2D eigenvalue weighted by molar-refractivity contribution is 5.78. The van der Waals surface area contributed by atoms with Crippen LogP contribution in [0.25, 0.3) is 0 Å². The minimum Gasteiger partial charge on any atom is -0.396 e. The number of aliphatic hydroxyl groups excluding tert-OH is 1. The van der Waals surface area contributed by atoms with Crippen molar-refractivity contribution in [3.05, 3.63) is 0 Å². The fraction of sp³-hybridized carbons (Fsp3) is 0.909. The molecule has 0 unspecified atom stereocenters. The van der Waals surface area contributed by atoms with Crippen LogP contribution in [0.4, 0.5) is 0 Å². The fourth-order valence-corrected chi connectivity index (χ4v) is 2.09. The molecule has 0 atom stereocenters. The third kappa shape index (κ3) is 4.18. The van der Waals surface area contributed by atoms with Gasteiger partial charge in [0.2, 0.25) is 0 Å². The highest BCUT2D eigenvalue weighted by Gasteiger charge is 2.43. The Hall–Kier alpha value is -0.610. The Morgan fingerprint density at radius 2 is 2.20 bits per heavy atom. The number of nitrogens with zero attached hydrogens (tertiary/aromatic N) is 1. The van der Waals surface area contributed by atoms with E-state index in [9.17, 15) is 0 Å². The van der Waals surface area contributed by atoms with Gasteiger partial charge in [0, 0.05) is 26.1 Å². The third-order valence-corrected chi connectivity index (χ3v) is 3.16. The topological polar surface area (TPSA) is 73.3 Å². The molecule has 0 radical (unpaired) electrons. The second kappa shape index (κ2) is 5.47. The van der Waals surface area contributed by atoms with Gasteiger partial charge >= 0.3 is 0 Å². The third-order valence-electron chi connectivity index (χ3n) is 3.16. The van der Waals surface area contributed by atoms with Crippen LogP contribution in [-0.4, -0.2) is 42.1 Å². The van der Waals surface area contributed by atoms with E-state index in [1.165, 1.54) is 12.8 Å². The first kappa shape index (κ1) is 12.5. The van der Waals surface area contributed by atoms with E-state index in [1.807, 2.05) is 0 Å². The average Bonchev–Trinajstić information content (AvgIpc) is 2.91. The minimum atomic E-state index is 0.260. The van der Waals surface area contributed by atoms with Crippen molar-refractivity contribution in [1.29, 1.82) is 5.41 Å². The molecule has 4 heteroatoms. The van der Waals surface area contributed by atoms with Crippen molar-refractivity contribution in [3.63, 3.8) is 0 Å². The van der Waals surface area contributed by atoms with E-state index in [1.54, 1.807) is 0 Å². The normalized spacial score (nSPS) is 18.1. The van der Waals surface area contributed by atoms with Crippen molar-refractivity contribution in [2.24, 2.45) is 11.1 Å². The Kier molecular flexibility index (Phi) is 4.54. The lowest BCUT2D eigenvalue weighted by Crippen LogP contribution is -2.33. The second-order valence-electron chi connectivity index (χ2n) is 4.65. The lowest BCUT2D eigenvalue weighted by molar-refractivity contribution is 0.201. The number of nitrogens with one attached hydrogen (secondary N) is 1. The van der Waals surface area contributed by atoms with Crippen molar-refractivity contribution in [3.8, 4) is 0 Å². The highest BCUT2D eigenvalue weighted by atomic mass is 16.3. The summed E-state index contributed by atoms with van der Waals surface area (Å²) in [6.45, 7) is 5.40. The van der Waals surface area contributed by atoms with Crippen molar-refractivity contribution in [1.82, 2.24) is 4.90 Å². The van der Waals surface area contributed by atoms with Crippen LogP contribution in [0.15, 0.2) is 0 Å². The molecule has 0 aromatic carbocycles. The van der Waals surface area contributed by atoms with Crippen LogP contribution < -0.4 is 5.73 Å². The van der Waals surface area contributed by atoms with E-state index in [-0.39, 0.29) is 12.0 Å². The maximum absolute atomic E-state index is 8.79. The quantitative estimate of drug-likeness (QED) is 0.412. The zero-order valence-electron chi connectivity index (χ0n) is 9.63. The van der Waals surface area contributed by atoms with Gasteiger partial charge in [0.25, 0.3) is 0 Å². The summed E-state index contributed by atoms with van der Waals surface area (Å²) >= 11 is 0. The number of aliphatic hydroxyl groups is 1. The Bertz CT molecular complexity index is 214. The monoisotopic (exact) mass is 213 g/mol. The van der Waals surface area contributed by atoms with Gasteiger partial charge in [0.15, 0.2) is 0 Å². The molecule has 0 heterocycles. The Labute approximate surface area is 92.0 Å². The number of nitrogens with two attached hydrogens (primary N) is 1. The van der Waals surface area contributed by atoms with E-state index in [2.05, 4.69) is 11.8 Å². The van der Waals surface area contributed by atoms with Gasteiger partial charge < -0.3 is 15.7 Å². The Morgan fingerprint density at radius 1 is 1.53 bits per heavy atom. The van der Waals surface area contributed by atoms with Gasteiger partial charge in [-0.1, -0.05) is 6.92 Å². The average molecular weight is 213 g/mol. The number of rotatable bonds is 8. The van der Waals surface area contributed by atoms with Crippen LogP contribution in [0.2, 0.25) is 0 Å². The minimum absolute atomic E-state index is 0.260. The molecule has 15 heavy (non-hydrogen) atoms. The highest BCUT2D eigenvalue weighted by Crippen LogP contribution is 2.49. The van der Waals surface area contributed by atoms with E-state index >= 15 is 0 Å². The first-order valence-electron chi connectivity index (χ1n) is 5.78. The van der Waals surface area contributed by atoms with Crippen molar-refractivity contribution < 1.29 is 5.11 Å². The van der Waals surface area contributed by atoms with Gasteiger partial charge in [-0.25, -0.2) is 0 Å². The second-order valence-corrected chi connectivity index (χ2v) is 4.65. The molecule has 0 amide bonds. The number of hydrogen-bond acceptors (Lipinski definition) is 3. The van der Waals surface area contributed by atoms with E-state index < -0.39 is 0 Å². The predicted molar refractivity (Wildman–Crippen MR) is 62.0 cm³/mol. The summed E-state index contributed by atoms with van der Waals surface area (Å²) in [5.41, 5.74) is 5.75. The molecule has 0 spiro atoms. The maximum atomic E-state index is 8.79. The lowest BCUT2D eigenvalue weighted by atomic mass is 10.0. The lowest BCUT2D eigenvalue weighted by Gasteiger charge is -2.25. The van der Waals surface area contributed by atoms with E-state index in [4.69, 9.17) is 16.2 Å². The van der Waals surface area contributed by atoms with Crippen molar-refractivity contribution in [2.75, 3.05) is 26.2 Å². The molecule has 0 aromatic heterocycles. The Morgan fingerprint density at radius 3 is 2.60 bits per heavy atom. The summed E-state index contributed by atoms with van der Waals surface area (Å²) in [5, 5.41) is 16.1. The van der Waals surface area contributed by atoms with Crippen molar-refractivity contribution >= 4 is 5.84 Å². The van der Waals surface area contributed by atoms with Crippen LogP contribution >= 0.6 is 0 Å². The summed E-state index contributed by atoms with van der Waals surface area (Å²) < 4.78 is 0. The molecular formula is C11H23N3O. The van der Waals surface area contributed by atoms with E-state index in [0.29, 0.717) is 5.84 Å². The maximum Gasteiger partial charge on any atom is 0.0911 e. The largest absolute Gasteiger partial charge is 0.396 e. The standard InChI is InChI=1S/C11H23N3O/c1-2-14(6-3-7-15)9-11(4-5-11)8-10(12)13/h15H,2-9H2,1H3,(H3,12,13). The Balaban J connectivity index is 2.33. The fourth-order valence-electron chi connectivity index (χ4n) is 2.09. The molecule has 0 aliphatic heterocycles. The SMILES string of the molecule is CCN(CCCO)CC1(CC(=N)N)CC1. The summed E-state index contributed by atoms with van der Waals surface area (Å²) in [6, 6.07) is 0. The molecule has 1 saturated carbocycles. The molecule has 4 N–H and O–H groups in total. The first-order valence-corrected chi connectivity index (χ1v) is 5.78. The molecule has 1 aliphatic rings. The van der Waals surface area contributed by atoms with E-state index in [0.717, 1.165) is 32.5 Å². The van der Waals surface area contributed by atoms with Crippen LogP contribution in [0.3, 0.4) is 0 Å². The molecular weight excluding hydrogens is 190 g/mol. The molecule has 88 valence electrons. The van der Waals surface area contributed by atoms with Crippen molar-refractivity contribution in [2.45, 2.75) is 32.6 Å². The summed E-state index contributed by atoms with van der Waals surface area (Å²) in [5.74, 6) is 0.311. The van der Waals surface area contributed by atoms with Gasteiger partial charge in [-0.3, -0.25) is 5.41 Å². The zero-order chi connectivity index (χ0) is 11.3.